The lowest BCUT2D eigenvalue weighted by Gasteiger charge is -2.11. The third-order valence-electron chi connectivity index (χ3n) is 3.47. The molecule has 0 radical (unpaired) electrons. The Morgan fingerprint density at radius 1 is 1.10 bits per heavy atom. The summed E-state index contributed by atoms with van der Waals surface area (Å²) < 4.78 is 1.16. The van der Waals surface area contributed by atoms with Crippen molar-refractivity contribution >= 4 is 49.4 Å². The number of benzene rings is 2. The second-order valence-electron chi connectivity index (χ2n) is 4.78. The molecule has 0 spiro atoms. The Kier molecular flexibility index (Phi) is 2.72. The predicted octanol–water partition coefficient (Wildman–Crippen LogP) is 4.17. The highest BCUT2D eigenvalue weighted by molar-refractivity contribution is 7.16. The molecule has 0 unspecified atom stereocenters. The van der Waals surface area contributed by atoms with Gasteiger partial charge in [-0.25, -0.2) is 4.98 Å². The van der Waals surface area contributed by atoms with Gasteiger partial charge in [-0.3, -0.25) is 4.98 Å². The van der Waals surface area contributed by atoms with E-state index in [-0.39, 0.29) is 0 Å². The highest BCUT2D eigenvalue weighted by Crippen LogP contribution is 2.31. The Morgan fingerprint density at radius 3 is 3.00 bits per heavy atom. The van der Waals surface area contributed by atoms with Crippen LogP contribution in [-0.2, 0) is 0 Å². The first-order valence-electron chi connectivity index (χ1n) is 6.54. The zero-order valence-electron chi connectivity index (χ0n) is 11.1. The molecule has 4 aromatic rings. The largest absolute Gasteiger partial charge is 0.397 e. The number of pyridine rings is 1. The fraction of sp³-hybridized carbons (Fsp3) is 0. The second-order valence-corrected chi connectivity index (χ2v) is 5.67. The van der Waals surface area contributed by atoms with Gasteiger partial charge in [-0.15, -0.1) is 11.3 Å². The molecule has 2 aromatic carbocycles. The molecule has 5 heteroatoms. The lowest BCUT2D eigenvalue weighted by molar-refractivity contribution is 1.36. The van der Waals surface area contributed by atoms with Gasteiger partial charge in [0.1, 0.15) is 0 Å². The first-order valence-corrected chi connectivity index (χ1v) is 7.42. The Hall–Kier alpha value is -2.66. The molecule has 4 nitrogen and oxygen atoms in total. The van der Waals surface area contributed by atoms with Gasteiger partial charge in [0.15, 0.2) is 0 Å². The van der Waals surface area contributed by atoms with E-state index >= 15 is 0 Å². The zero-order valence-corrected chi connectivity index (χ0v) is 11.9. The summed E-state index contributed by atoms with van der Waals surface area (Å²) in [4.78, 5) is 8.40. The van der Waals surface area contributed by atoms with Gasteiger partial charge in [-0.05, 0) is 30.3 Å². The molecular formula is C16H12N4S. The van der Waals surface area contributed by atoms with Crippen LogP contribution in [0.25, 0.3) is 21.0 Å². The third kappa shape index (κ3) is 2.08. The second kappa shape index (κ2) is 4.71. The smallest absolute Gasteiger partial charge is 0.0813 e. The minimum atomic E-state index is 0.735. The molecule has 2 heterocycles. The van der Waals surface area contributed by atoms with Crippen molar-refractivity contribution in [3.63, 3.8) is 0 Å². The fourth-order valence-corrected chi connectivity index (χ4v) is 3.11. The van der Waals surface area contributed by atoms with Crippen molar-refractivity contribution in [3.8, 4) is 0 Å². The van der Waals surface area contributed by atoms with Crippen molar-refractivity contribution in [2.24, 2.45) is 0 Å². The molecule has 0 bridgehead atoms. The molecule has 0 atom stereocenters. The van der Waals surface area contributed by atoms with Crippen molar-refractivity contribution in [1.29, 1.82) is 0 Å². The molecular weight excluding hydrogens is 280 g/mol. The summed E-state index contributed by atoms with van der Waals surface area (Å²) in [5.41, 5.74) is 11.8. The van der Waals surface area contributed by atoms with E-state index in [0.717, 1.165) is 38.1 Å². The summed E-state index contributed by atoms with van der Waals surface area (Å²) in [6.07, 6.45) is 3.57. The van der Waals surface area contributed by atoms with E-state index in [1.807, 2.05) is 42.0 Å². The highest BCUT2D eigenvalue weighted by Gasteiger charge is 2.05. The predicted molar refractivity (Wildman–Crippen MR) is 89.1 cm³/mol. The van der Waals surface area contributed by atoms with E-state index in [9.17, 15) is 0 Å². The van der Waals surface area contributed by atoms with Crippen LogP contribution in [0.3, 0.4) is 0 Å². The van der Waals surface area contributed by atoms with Crippen molar-refractivity contribution in [3.05, 3.63) is 54.3 Å². The maximum absolute atomic E-state index is 6.26. The standard InChI is InChI=1S/C16H12N4S/c17-16-12-5-6-18-8-10(12)1-3-14(16)20-11-2-4-13-15(7-11)21-9-19-13/h1-9,20H,17H2. The van der Waals surface area contributed by atoms with Crippen LogP contribution in [0.2, 0.25) is 0 Å². The van der Waals surface area contributed by atoms with Crippen LogP contribution in [0.4, 0.5) is 17.1 Å². The number of nitrogens with one attached hydrogen (secondary N) is 1. The van der Waals surface area contributed by atoms with Gasteiger partial charge in [-0.2, -0.15) is 0 Å². The summed E-state index contributed by atoms with van der Waals surface area (Å²) in [6, 6.07) is 12.0. The SMILES string of the molecule is Nc1c(Nc2ccc3ncsc3c2)ccc2cnccc12. The Bertz CT molecular complexity index is 945. The van der Waals surface area contributed by atoms with E-state index in [1.54, 1.807) is 17.5 Å². The zero-order chi connectivity index (χ0) is 14.2. The van der Waals surface area contributed by atoms with Gasteiger partial charge in [0, 0.05) is 28.9 Å². The van der Waals surface area contributed by atoms with Gasteiger partial charge in [0.2, 0.25) is 0 Å². The first kappa shape index (κ1) is 12.1. The van der Waals surface area contributed by atoms with Gasteiger partial charge in [-0.1, -0.05) is 6.07 Å². The van der Waals surface area contributed by atoms with E-state index in [0.29, 0.717) is 0 Å². The lowest BCUT2D eigenvalue weighted by atomic mass is 10.1. The maximum atomic E-state index is 6.26. The molecule has 0 aliphatic carbocycles. The van der Waals surface area contributed by atoms with Gasteiger partial charge in [0.25, 0.3) is 0 Å². The van der Waals surface area contributed by atoms with Gasteiger partial charge >= 0.3 is 0 Å². The maximum Gasteiger partial charge on any atom is 0.0813 e. The average molecular weight is 292 g/mol. The molecule has 0 aliphatic rings. The molecule has 0 aliphatic heterocycles. The van der Waals surface area contributed by atoms with Gasteiger partial charge in [0.05, 0.1) is 27.1 Å². The molecule has 2 aromatic heterocycles. The number of fused-ring (bicyclic) bond motifs is 2. The molecule has 0 amide bonds. The Balaban J connectivity index is 1.77. The minimum Gasteiger partial charge on any atom is -0.397 e. The fourth-order valence-electron chi connectivity index (χ4n) is 2.39. The van der Waals surface area contributed by atoms with Crippen LogP contribution in [-0.4, -0.2) is 9.97 Å². The number of anilines is 3. The average Bonchev–Trinajstić information content (AvgIpc) is 2.98. The van der Waals surface area contributed by atoms with Gasteiger partial charge < -0.3 is 11.1 Å². The first-order chi connectivity index (χ1) is 10.3. The van der Waals surface area contributed by atoms with Crippen molar-refractivity contribution in [1.82, 2.24) is 9.97 Å². The van der Waals surface area contributed by atoms with Crippen LogP contribution in [0.5, 0.6) is 0 Å². The van der Waals surface area contributed by atoms with Crippen molar-refractivity contribution < 1.29 is 0 Å². The third-order valence-corrected chi connectivity index (χ3v) is 4.26. The van der Waals surface area contributed by atoms with E-state index in [1.165, 1.54) is 0 Å². The summed E-state index contributed by atoms with van der Waals surface area (Å²) >= 11 is 1.63. The molecule has 0 saturated carbocycles. The van der Waals surface area contributed by atoms with Crippen molar-refractivity contribution in [2.75, 3.05) is 11.1 Å². The van der Waals surface area contributed by atoms with Crippen LogP contribution in [0.15, 0.2) is 54.3 Å². The molecule has 3 N–H and O–H groups in total. The normalized spacial score (nSPS) is 11.0. The Morgan fingerprint density at radius 2 is 2.05 bits per heavy atom. The van der Waals surface area contributed by atoms with Crippen LogP contribution in [0.1, 0.15) is 0 Å². The number of hydrogen-bond donors (Lipinski definition) is 2. The van der Waals surface area contributed by atoms with Crippen LogP contribution >= 0.6 is 11.3 Å². The number of thiazole rings is 1. The van der Waals surface area contributed by atoms with Crippen LogP contribution < -0.4 is 11.1 Å². The van der Waals surface area contributed by atoms with Crippen molar-refractivity contribution in [2.45, 2.75) is 0 Å². The molecule has 21 heavy (non-hydrogen) atoms. The van der Waals surface area contributed by atoms with E-state index < -0.39 is 0 Å². The highest BCUT2D eigenvalue weighted by atomic mass is 32.1. The van der Waals surface area contributed by atoms with E-state index in [4.69, 9.17) is 5.73 Å². The number of hydrogen-bond acceptors (Lipinski definition) is 5. The quantitative estimate of drug-likeness (QED) is 0.544. The molecule has 0 fully saturated rings. The van der Waals surface area contributed by atoms with E-state index in [2.05, 4.69) is 21.4 Å². The number of nitrogen functional groups attached to an aromatic ring is 1. The minimum absolute atomic E-state index is 0.735. The van der Waals surface area contributed by atoms with Crippen LogP contribution in [0, 0.1) is 0 Å². The number of rotatable bonds is 2. The molecule has 4 rings (SSSR count). The lowest BCUT2D eigenvalue weighted by Crippen LogP contribution is -1.97. The molecule has 0 saturated heterocycles. The summed E-state index contributed by atoms with van der Waals surface area (Å²) in [5, 5.41) is 5.43. The Labute approximate surface area is 125 Å². The molecule has 102 valence electrons. The number of aromatic nitrogens is 2. The summed E-state index contributed by atoms with van der Waals surface area (Å²) in [7, 11) is 0. The summed E-state index contributed by atoms with van der Waals surface area (Å²) in [6.45, 7) is 0. The number of nitrogens with zero attached hydrogens (tertiary/aromatic N) is 2. The monoisotopic (exact) mass is 292 g/mol. The topological polar surface area (TPSA) is 63.8 Å². The summed E-state index contributed by atoms with van der Waals surface area (Å²) in [5.74, 6) is 0. The number of nitrogens with two attached hydrogens (primary N) is 1.